The first-order chi connectivity index (χ1) is 22.0. The summed E-state index contributed by atoms with van der Waals surface area (Å²) >= 11 is 0. The highest BCUT2D eigenvalue weighted by Crippen LogP contribution is 2.25. The number of terminal acetylenes is 1. The monoisotopic (exact) mass is 625 g/mol. The summed E-state index contributed by atoms with van der Waals surface area (Å²) in [6, 6.07) is 21.0. The highest BCUT2D eigenvalue weighted by atomic mass is 16.6. The van der Waals surface area contributed by atoms with Crippen LogP contribution in [0.4, 0.5) is 4.79 Å². The summed E-state index contributed by atoms with van der Waals surface area (Å²) in [5, 5.41) is 15.6. The molecule has 0 fully saturated rings. The summed E-state index contributed by atoms with van der Waals surface area (Å²) in [6.45, 7) is 7.96. The van der Waals surface area contributed by atoms with Crippen LogP contribution in [0.15, 0.2) is 78.9 Å². The lowest BCUT2D eigenvalue weighted by Crippen LogP contribution is -2.54. The number of rotatable bonds is 15. The lowest BCUT2D eigenvalue weighted by molar-refractivity contribution is -0.142. The van der Waals surface area contributed by atoms with Gasteiger partial charge in [-0.05, 0) is 68.1 Å². The molecule has 8 heteroatoms. The van der Waals surface area contributed by atoms with Crippen LogP contribution in [0.25, 0.3) is 0 Å². The maximum atomic E-state index is 14.6. The highest BCUT2D eigenvalue weighted by Gasteiger charge is 2.36. The second kappa shape index (κ2) is 17.6. The molecule has 0 saturated heterocycles. The third-order valence-corrected chi connectivity index (χ3v) is 7.41. The van der Waals surface area contributed by atoms with Crippen molar-refractivity contribution in [2.45, 2.75) is 90.4 Å². The van der Waals surface area contributed by atoms with Crippen LogP contribution in [-0.4, -0.2) is 46.1 Å². The van der Waals surface area contributed by atoms with Crippen LogP contribution >= 0.6 is 0 Å². The molecule has 3 aromatic carbocycles. The lowest BCUT2D eigenvalue weighted by Gasteiger charge is -2.35. The molecule has 0 radical (unpaired) electrons. The van der Waals surface area contributed by atoms with Gasteiger partial charge in [-0.1, -0.05) is 93.1 Å². The number of carbonyl (C=O) groups is 3. The molecule has 2 atom stereocenters. The first-order valence-electron chi connectivity index (χ1n) is 16.0. The summed E-state index contributed by atoms with van der Waals surface area (Å²) in [5.41, 5.74) is 2.12. The molecule has 0 aliphatic heterocycles. The Morgan fingerprint density at radius 3 is 2.15 bits per heavy atom. The van der Waals surface area contributed by atoms with E-state index in [1.807, 2.05) is 30.3 Å². The van der Waals surface area contributed by atoms with Gasteiger partial charge in [-0.2, -0.15) is 0 Å². The van der Waals surface area contributed by atoms with Crippen molar-refractivity contribution in [2.75, 3.05) is 6.54 Å². The van der Waals surface area contributed by atoms with Crippen LogP contribution in [0, 0.1) is 12.3 Å². The Labute approximate surface area is 273 Å². The van der Waals surface area contributed by atoms with E-state index < -0.39 is 29.7 Å². The second-order valence-electron chi connectivity index (χ2n) is 12.4. The molecule has 3 rings (SSSR count). The molecule has 0 saturated carbocycles. The Hall–Kier alpha value is -4.77. The third-order valence-electron chi connectivity index (χ3n) is 7.41. The number of unbranched alkanes of at least 4 members (excludes halogenated alkanes) is 4. The van der Waals surface area contributed by atoms with Gasteiger partial charge < -0.3 is 25.4 Å². The number of phenols is 1. The fourth-order valence-corrected chi connectivity index (χ4v) is 5.09. The SMILES string of the molecule is C#Cc1ccc(C(C(=O)NCc2ccccc2)N(CCCCCCC)C(=O)C(Cc2ccc(O)cc2)NC(=O)OC(C)(C)C)cc1. The van der Waals surface area contributed by atoms with Crippen molar-refractivity contribution >= 4 is 17.9 Å². The predicted molar refractivity (Wildman–Crippen MR) is 181 cm³/mol. The van der Waals surface area contributed by atoms with Crippen molar-refractivity contribution in [3.63, 3.8) is 0 Å². The Bertz CT molecular complexity index is 1440. The minimum absolute atomic E-state index is 0.0889. The molecule has 0 spiro atoms. The maximum absolute atomic E-state index is 14.6. The molecule has 3 aromatic rings. The summed E-state index contributed by atoms with van der Waals surface area (Å²) in [4.78, 5) is 43.3. The fraction of sp³-hybridized carbons (Fsp3) is 0.395. The largest absolute Gasteiger partial charge is 0.508 e. The van der Waals surface area contributed by atoms with Crippen molar-refractivity contribution in [2.24, 2.45) is 0 Å². The van der Waals surface area contributed by atoms with E-state index in [2.05, 4.69) is 23.5 Å². The van der Waals surface area contributed by atoms with Crippen LogP contribution in [0.2, 0.25) is 0 Å². The van der Waals surface area contributed by atoms with E-state index in [0.29, 0.717) is 24.1 Å². The average molecular weight is 626 g/mol. The molecule has 0 aromatic heterocycles. The minimum Gasteiger partial charge on any atom is -0.508 e. The van der Waals surface area contributed by atoms with E-state index in [0.717, 1.165) is 36.8 Å². The number of alkyl carbamates (subject to hydrolysis) is 1. The Morgan fingerprint density at radius 1 is 0.891 bits per heavy atom. The van der Waals surface area contributed by atoms with Crippen molar-refractivity contribution in [1.29, 1.82) is 0 Å². The predicted octanol–water partition coefficient (Wildman–Crippen LogP) is 6.67. The number of benzene rings is 3. The van der Waals surface area contributed by atoms with Crippen LogP contribution in [0.1, 0.15) is 88.1 Å². The van der Waals surface area contributed by atoms with Gasteiger partial charge in [0.25, 0.3) is 0 Å². The van der Waals surface area contributed by atoms with Crippen LogP contribution in [0.3, 0.4) is 0 Å². The normalized spacial score (nSPS) is 12.3. The van der Waals surface area contributed by atoms with E-state index in [4.69, 9.17) is 11.2 Å². The van der Waals surface area contributed by atoms with Crippen molar-refractivity contribution < 1.29 is 24.2 Å². The van der Waals surface area contributed by atoms with Gasteiger partial charge in [0.05, 0.1) is 0 Å². The summed E-state index contributed by atoms with van der Waals surface area (Å²) in [5.74, 6) is 1.92. The van der Waals surface area contributed by atoms with Crippen molar-refractivity contribution in [3.05, 3.63) is 101 Å². The lowest BCUT2D eigenvalue weighted by atomic mass is 9.98. The van der Waals surface area contributed by atoms with Crippen LogP contribution < -0.4 is 10.6 Å². The van der Waals surface area contributed by atoms with Gasteiger partial charge in [-0.15, -0.1) is 6.42 Å². The number of carbonyl (C=O) groups excluding carboxylic acids is 3. The number of nitrogens with zero attached hydrogens (tertiary/aromatic N) is 1. The first kappa shape index (κ1) is 35.7. The molecule has 0 aliphatic carbocycles. The number of ether oxygens (including phenoxy) is 1. The molecule has 0 bridgehead atoms. The van der Waals surface area contributed by atoms with Crippen LogP contribution in [-0.2, 0) is 27.3 Å². The van der Waals surface area contributed by atoms with E-state index in [1.54, 1.807) is 62.1 Å². The molecular formula is C38H47N3O5. The minimum atomic E-state index is -1.05. The molecule has 2 unspecified atom stereocenters. The summed E-state index contributed by atoms with van der Waals surface area (Å²) < 4.78 is 5.53. The number of nitrogens with one attached hydrogen (secondary N) is 2. The standard InChI is InChI=1S/C38H47N3O5/c1-6-8-9-10-14-25-41(36(44)33(40-37(45)46-38(3,4)5)26-29-19-23-32(42)24-20-29)34(31-21-17-28(7-2)18-22-31)35(43)39-27-30-15-12-11-13-16-30/h2,11-13,15-24,33-34,42H,6,8-10,14,25-27H2,1,3-5H3,(H,39,43)(H,40,45). The second-order valence-corrected chi connectivity index (χ2v) is 12.4. The maximum Gasteiger partial charge on any atom is 0.408 e. The highest BCUT2D eigenvalue weighted by molar-refractivity contribution is 5.92. The quantitative estimate of drug-likeness (QED) is 0.129. The van der Waals surface area contributed by atoms with Gasteiger partial charge in [0.1, 0.15) is 23.4 Å². The molecule has 0 aliphatic rings. The smallest absolute Gasteiger partial charge is 0.408 e. The van der Waals surface area contributed by atoms with Gasteiger partial charge >= 0.3 is 6.09 Å². The van der Waals surface area contributed by atoms with E-state index in [9.17, 15) is 19.5 Å². The topological polar surface area (TPSA) is 108 Å². The fourth-order valence-electron chi connectivity index (χ4n) is 5.09. The van der Waals surface area contributed by atoms with E-state index in [-0.39, 0.29) is 24.6 Å². The molecule has 3 amide bonds. The van der Waals surface area contributed by atoms with Crippen molar-refractivity contribution in [1.82, 2.24) is 15.5 Å². The number of amides is 3. The van der Waals surface area contributed by atoms with Gasteiger partial charge in [0.15, 0.2) is 0 Å². The zero-order chi connectivity index (χ0) is 33.5. The molecular weight excluding hydrogens is 578 g/mol. The van der Waals surface area contributed by atoms with Crippen molar-refractivity contribution in [3.8, 4) is 18.1 Å². The van der Waals surface area contributed by atoms with E-state index in [1.165, 1.54) is 12.1 Å². The number of aromatic hydroxyl groups is 1. The summed E-state index contributed by atoms with van der Waals surface area (Å²) in [6.07, 6.45) is 9.71. The molecule has 0 heterocycles. The Kier molecular flexibility index (Phi) is 13.7. The summed E-state index contributed by atoms with van der Waals surface area (Å²) in [7, 11) is 0. The average Bonchev–Trinajstić information content (AvgIpc) is 3.03. The van der Waals surface area contributed by atoms with E-state index >= 15 is 0 Å². The number of phenolic OH excluding ortho intramolecular Hbond substituents is 1. The first-order valence-corrected chi connectivity index (χ1v) is 16.0. The zero-order valence-electron chi connectivity index (χ0n) is 27.4. The van der Waals surface area contributed by atoms with Gasteiger partial charge in [-0.25, -0.2) is 4.79 Å². The third kappa shape index (κ3) is 11.6. The Balaban J connectivity index is 2.03. The van der Waals surface area contributed by atoms with Crippen LogP contribution in [0.5, 0.6) is 5.75 Å². The van der Waals surface area contributed by atoms with Gasteiger partial charge in [-0.3, -0.25) is 9.59 Å². The molecule has 244 valence electrons. The number of hydrogen-bond donors (Lipinski definition) is 3. The number of hydrogen-bond acceptors (Lipinski definition) is 5. The van der Waals surface area contributed by atoms with Gasteiger partial charge in [0.2, 0.25) is 11.8 Å². The van der Waals surface area contributed by atoms with Gasteiger partial charge in [0, 0.05) is 25.1 Å². The molecule has 46 heavy (non-hydrogen) atoms. The Morgan fingerprint density at radius 2 is 1.54 bits per heavy atom. The molecule has 3 N–H and O–H groups in total. The zero-order valence-corrected chi connectivity index (χ0v) is 27.4. The molecule has 8 nitrogen and oxygen atoms in total.